The van der Waals surface area contributed by atoms with Crippen molar-refractivity contribution in [2.45, 2.75) is 79.1 Å². The normalized spacial score (nSPS) is 10.5. The Morgan fingerprint density at radius 2 is 0.893 bits per heavy atom. The van der Waals surface area contributed by atoms with Gasteiger partial charge in [-0.25, -0.2) is 16.8 Å². The van der Waals surface area contributed by atoms with E-state index >= 15 is 0 Å². The average Bonchev–Trinajstić information content (AvgIpc) is 3.25. The van der Waals surface area contributed by atoms with E-state index in [0.717, 1.165) is 50.4 Å². The molecule has 0 saturated carbocycles. The molecule has 0 radical (unpaired) electrons. The summed E-state index contributed by atoms with van der Waals surface area (Å²) in [6.07, 6.45) is 2.03. The van der Waals surface area contributed by atoms with Gasteiger partial charge in [0.05, 0.1) is 23.9 Å². The average molecular weight is 1470 g/mol. The summed E-state index contributed by atoms with van der Waals surface area (Å²) in [4.78, 5) is 55.6. The number of alkyl halides is 1. The number of carboxylic acid groups (broad SMARTS) is 1. The van der Waals surface area contributed by atoms with Gasteiger partial charge in [0.2, 0.25) is 20.0 Å². The SMILES string of the molecule is CC(C)(C)OC(=O)CBr.CC(C)(C)OC(=O)CN(c1ccc(Br)cc1)S(C)(=O)=O.CC(C)(C)OC(=O)CNc1ccc(Br)cc1.CS(=O)(=O)N(CC(=O)O)c1ccc(Br)cc1.Nc1ccc(Br)cc1.O=CO[O-].[H-].[K+].[K+]. The molecule has 0 amide bonds. The zero-order chi connectivity index (χ0) is 57.0. The zero-order valence-electron chi connectivity index (χ0n) is 45.0. The fourth-order valence-corrected chi connectivity index (χ4v) is 7.45. The second kappa shape index (κ2) is 40.2. The number of carbonyl (C=O) groups excluding carboxylic acids is 4. The number of ether oxygens (including phenoxy) is 3. The Hall–Kier alpha value is -1.04. The number of carbonyl (C=O) groups is 5. The minimum atomic E-state index is -3.59. The van der Waals surface area contributed by atoms with Crippen molar-refractivity contribution in [2.75, 3.05) is 57.1 Å². The second-order valence-electron chi connectivity index (χ2n) is 17.4. The van der Waals surface area contributed by atoms with Gasteiger partial charge in [-0.3, -0.25) is 32.6 Å². The van der Waals surface area contributed by atoms with Gasteiger partial charge in [-0.1, -0.05) is 79.6 Å². The van der Waals surface area contributed by atoms with Crippen LogP contribution in [0.3, 0.4) is 0 Å². The molecule has 0 aliphatic heterocycles. The Labute approximate surface area is 569 Å². The van der Waals surface area contributed by atoms with Crippen LogP contribution < -0.4 is 128 Å². The van der Waals surface area contributed by atoms with Crippen LogP contribution in [-0.4, -0.2) is 107 Å². The number of aliphatic carboxylic acids is 1. The number of nitrogens with zero attached hydrogens (tertiary/aromatic N) is 2. The van der Waals surface area contributed by atoms with E-state index in [0.29, 0.717) is 11.4 Å². The predicted octanol–water partition coefficient (Wildman–Crippen LogP) is 3.37. The number of nitrogen functional groups attached to an aromatic ring is 1. The van der Waals surface area contributed by atoms with Crippen molar-refractivity contribution in [3.8, 4) is 0 Å². The van der Waals surface area contributed by atoms with Crippen LogP contribution in [0.25, 0.3) is 0 Å². The van der Waals surface area contributed by atoms with Crippen LogP contribution in [-0.2, 0) is 63.1 Å². The molecule has 0 aliphatic carbocycles. The van der Waals surface area contributed by atoms with Crippen molar-refractivity contribution in [1.82, 2.24) is 0 Å². The number of sulfonamides is 2. The summed E-state index contributed by atoms with van der Waals surface area (Å²) in [5.41, 5.74) is 6.41. The van der Waals surface area contributed by atoms with Crippen LogP contribution in [0.4, 0.5) is 22.7 Å². The van der Waals surface area contributed by atoms with E-state index in [1.807, 2.05) is 90.1 Å². The second-order valence-corrected chi connectivity index (χ2v) is 25.4. The largest absolute Gasteiger partial charge is 1.00 e. The maximum atomic E-state index is 11.8. The van der Waals surface area contributed by atoms with Gasteiger partial charge < -0.3 is 41.9 Å². The summed E-state index contributed by atoms with van der Waals surface area (Å²) in [6, 6.07) is 28.2. The standard InChI is InChI=1S/C13H18BrNO4S.C12H16BrNO2.C9H10BrNO4S.C6H6BrN.C6H11BrO2.CH2O3.2K.H/c1-13(2,3)19-12(16)9-15(20(4,17)18)11-7-5-10(14)6-8-11;1-12(2,3)16-11(15)8-14-10-6-4-9(13)5-7-10;1-16(14,15)11(6-9(12)13)8-4-2-7(10)3-5-8;7-5-1-3-6(8)4-2-5;1-6(2,3)9-5(8)4-7;2-1-4-3;;;/h5-8H,9H2,1-4H3;4-7,14H,8H2,1-3H3;2-5H,6H2,1H3,(H,12,13);1-4H,8H2;4H2,1-3H3;1,3H;;;/q;;;;;;2*+1;-1/p-1. The third-order valence-electron chi connectivity index (χ3n) is 7.14. The molecule has 4 aromatic rings. The van der Waals surface area contributed by atoms with Gasteiger partial charge in [0, 0.05) is 29.3 Å². The molecule has 4 aromatic carbocycles. The van der Waals surface area contributed by atoms with E-state index in [1.165, 1.54) is 12.1 Å². The van der Waals surface area contributed by atoms with Crippen LogP contribution in [0.1, 0.15) is 63.7 Å². The van der Waals surface area contributed by atoms with Crippen molar-refractivity contribution in [1.29, 1.82) is 0 Å². The molecule has 0 aliphatic rings. The molecule has 0 fully saturated rings. The van der Waals surface area contributed by atoms with Crippen LogP contribution in [0.15, 0.2) is 115 Å². The van der Waals surface area contributed by atoms with E-state index in [4.69, 9.17) is 35.1 Å². The van der Waals surface area contributed by atoms with Crippen molar-refractivity contribution in [3.05, 3.63) is 115 Å². The Bertz CT molecular complexity index is 2520. The smallest absolute Gasteiger partial charge is 1.00 e. The monoisotopic (exact) mass is 1460 g/mol. The molecule has 0 spiro atoms. The van der Waals surface area contributed by atoms with E-state index in [-0.39, 0.29) is 147 Å². The van der Waals surface area contributed by atoms with Crippen molar-refractivity contribution in [3.63, 3.8) is 0 Å². The Kier molecular flexibility index (Phi) is 43.1. The Morgan fingerprint density at radius 1 is 0.600 bits per heavy atom. The summed E-state index contributed by atoms with van der Waals surface area (Å²) >= 11 is 16.1. The first kappa shape index (κ1) is 80.4. The zero-order valence-corrected chi connectivity index (χ0v) is 59.8. The van der Waals surface area contributed by atoms with Crippen molar-refractivity contribution >= 4 is 153 Å². The molecule has 0 heterocycles. The fourth-order valence-electron chi connectivity index (χ4n) is 4.58. The number of hydrogen-bond acceptors (Lipinski definition) is 16. The minimum absolute atomic E-state index is 0. The molecule has 0 saturated heterocycles. The molecule has 4 rings (SSSR count). The summed E-state index contributed by atoms with van der Waals surface area (Å²) < 4.78 is 67.2. The summed E-state index contributed by atoms with van der Waals surface area (Å²) in [7, 11) is -7.15. The fraction of sp³-hybridized carbons (Fsp3) is 0.383. The van der Waals surface area contributed by atoms with Gasteiger partial charge in [-0.05, 0) is 159 Å². The van der Waals surface area contributed by atoms with Gasteiger partial charge in [-0.2, -0.15) is 0 Å². The third kappa shape index (κ3) is 45.4. The first-order valence-electron chi connectivity index (χ1n) is 20.9. The van der Waals surface area contributed by atoms with Crippen LogP contribution in [0, 0.1) is 0 Å². The van der Waals surface area contributed by atoms with Gasteiger partial charge in [0.1, 0.15) is 41.8 Å². The van der Waals surface area contributed by atoms with Gasteiger partial charge in [-0.15, -0.1) is 0 Å². The molecular weight excluding hydrogens is 1400 g/mol. The number of benzene rings is 4. The van der Waals surface area contributed by atoms with E-state index < -0.39 is 49.7 Å². The van der Waals surface area contributed by atoms with E-state index in [9.17, 15) is 36.0 Å². The summed E-state index contributed by atoms with van der Waals surface area (Å²) in [5, 5.41) is 20.3. The number of halogens is 5. The molecule has 0 unspecified atom stereocenters. The van der Waals surface area contributed by atoms with Crippen LogP contribution in [0.2, 0.25) is 0 Å². The predicted molar refractivity (Wildman–Crippen MR) is 301 cm³/mol. The number of hydrogen-bond donors (Lipinski definition) is 3. The maximum Gasteiger partial charge on any atom is 1.00 e. The molecule has 410 valence electrons. The minimum Gasteiger partial charge on any atom is -1.00 e. The topological polar surface area (TPSA) is 278 Å². The van der Waals surface area contributed by atoms with Gasteiger partial charge in [0.25, 0.3) is 6.47 Å². The number of anilines is 4. The first-order chi connectivity index (χ1) is 33.3. The molecule has 0 aromatic heterocycles. The van der Waals surface area contributed by atoms with Crippen molar-refractivity contribution in [2.24, 2.45) is 0 Å². The number of nitrogens with two attached hydrogens (primary N) is 1. The number of rotatable bonds is 13. The molecule has 4 N–H and O–H groups in total. The number of carboxylic acids is 1. The van der Waals surface area contributed by atoms with Crippen LogP contribution in [0.5, 0.6) is 0 Å². The molecule has 19 nitrogen and oxygen atoms in total. The molecule has 0 atom stereocenters. The van der Waals surface area contributed by atoms with E-state index in [2.05, 4.69) is 89.9 Å². The molecule has 28 heteroatoms. The molecule has 0 bridgehead atoms. The summed E-state index contributed by atoms with van der Waals surface area (Å²) in [6.45, 7) is 15.3. The van der Waals surface area contributed by atoms with Gasteiger partial charge >= 0.3 is 127 Å². The number of esters is 3. The van der Waals surface area contributed by atoms with Gasteiger partial charge in [0.15, 0.2) is 0 Å². The summed E-state index contributed by atoms with van der Waals surface area (Å²) in [5.74, 6) is -2.27. The quantitative estimate of drug-likeness (QED) is 0.0253. The molecular formula is C47H63Br5K2N4O15S2. The van der Waals surface area contributed by atoms with Crippen LogP contribution >= 0.6 is 79.6 Å². The molecule has 75 heavy (non-hydrogen) atoms. The Balaban J connectivity index is -0.000000277. The maximum absolute atomic E-state index is 11.8. The number of nitrogens with one attached hydrogen (secondary N) is 1. The Morgan fingerprint density at radius 3 is 1.16 bits per heavy atom. The third-order valence-corrected chi connectivity index (χ3v) is 12.0. The first-order valence-corrected chi connectivity index (χ1v) is 28.9. The van der Waals surface area contributed by atoms with E-state index in [1.54, 1.807) is 57.2 Å². The van der Waals surface area contributed by atoms with Crippen molar-refractivity contribution < 1.29 is 174 Å².